The average Bonchev–Trinajstić information content (AvgIpc) is 3.37. The van der Waals surface area contributed by atoms with Crippen molar-refractivity contribution in [2.24, 2.45) is 5.73 Å². The number of carbonyl (C=O) groups excluding carboxylic acids is 4. The second-order valence-electron chi connectivity index (χ2n) is 9.49. The van der Waals surface area contributed by atoms with Crippen LogP contribution in [-0.4, -0.2) is 58.3 Å². The van der Waals surface area contributed by atoms with Crippen molar-refractivity contribution in [2.45, 2.75) is 24.5 Å². The number of ether oxygens (including phenoxy) is 4. The third-order valence-corrected chi connectivity index (χ3v) is 6.59. The van der Waals surface area contributed by atoms with Crippen molar-refractivity contribution in [3.8, 4) is 0 Å². The molecule has 224 valence electrons. The maximum atomic E-state index is 14.5. The first-order chi connectivity index (χ1) is 21.2. The molecular formula is C31H24FN3O9. The van der Waals surface area contributed by atoms with Crippen LogP contribution >= 0.6 is 0 Å². The van der Waals surface area contributed by atoms with E-state index in [9.17, 15) is 28.4 Å². The number of hydrogen-bond donors (Lipinski definition) is 1. The summed E-state index contributed by atoms with van der Waals surface area (Å²) in [6.07, 6.45) is -5.51. The first-order valence-electron chi connectivity index (χ1n) is 13.2. The Morgan fingerprint density at radius 1 is 0.773 bits per heavy atom. The molecule has 0 unspecified atom stereocenters. The molecule has 0 aliphatic carbocycles. The molecule has 4 aromatic rings. The van der Waals surface area contributed by atoms with Gasteiger partial charge in [0.1, 0.15) is 12.7 Å². The number of carbonyl (C=O) groups is 4. The maximum absolute atomic E-state index is 14.5. The van der Waals surface area contributed by atoms with Crippen molar-refractivity contribution in [3.63, 3.8) is 0 Å². The van der Waals surface area contributed by atoms with Gasteiger partial charge < -0.3 is 24.7 Å². The molecule has 1 fully saturated rings. The fourth-order valence-electron chi connectivity index (χ4n) is 4.51. The number of halogens is 1. The minimum Gasteiger partial charge on any atom is -0.459 e. The number of aromatic nitrogens is 2. The number of amides is 1. The number of esters is 3. The fraction of sp³-hybridized carbons (Fsp3) is 0.161. The number of rotatable bonds is 9. The maximum Gasteiger partial charge on any atom is 0.338 e. The first-order valence-corrected chi connectivity index (χ1v) is 13.2. The Balaban J connectivity index is 1.55. The Labute approximate surface area is 248 Å². The summed E-state index contributed by atoms with van der Waals surface area (Å²) in [6, 6.07) is 23.6. The smallest absolute Gasteiger partial charge is 0.338 e. The SMILES string of the molecule is NC(=O)c1nc(F)cn([C@@H]2O[C@@H](COC(=O)c3ccccc3)[C@H](OC(=O)c3ccccc3)[C@@H]2OC(=O)c2ccccc2)c1=O. The largest absolute Gasteiger partial charge is 0.459 e. The van der Waals surface area contributed by atoms with E-state index < -0.39 is 72.2 Å². The van der Waals surface area contributed by atoms with Gasteiger partial charge in [0.25, 0.3) is 11.5 Å². The molecule has 1 aromatic heterocycles. The third kappa shape index (κ3) is 6.52. The number of primary amides is 1. The van der Waals surface area contributed by atoms with Gasteiger partial charge >= 0.3 is 17.9 Å². The molecule has 4 atom stereocenters. The molecule has 0 bridgehead atoms. The van der Waals surface area contributed by atoms with Gasteiger partial charge in [-0.3, -0.25) is 14.2 Å². The van der Waals surface area contributed by atoms with Crippen LogP contribution in [0.5, 0.6) is 0 Å². The molecular weight excluding hydrogens is 577 g/mol. The second-order valence-corrected chi connectivity index (χ2v) is 9.49. The van der Waals surface area contributed by atoms with Gasteiger partial charge in [-0.25, -0.2) is 19.4 Å². The Hall–Kier alpha value is -5.69. The molecule has 3 aromatic carbocycles. The van der Waals surface area contributed by atoms with Gasteiger partial charge in [0.15, 0.2) is 24.1 Å². The van der Waals surface area contributed by atoms with Crippen molar-refractivity contribution >= 4 is 23.8 Å². The lowest BCUT2D eigenvalue weighted by Gasteiger charge is -2.25. The van der Waals surface area contributed by atoms with E-state index in [1.165, 1.54) is 36.4 Å². The summed E-state index contributed by atoms with van der Waals surface area (Å²) in [5.41, 5.74) is 3.56. The van der Waals surface area contributed by atoms with Crippen LogP contribution in [0.1, 0.15) is 47.8 Å². The Kier molecular flexibility index (Phi) is 8.86. The molecule has 1 amide bonds. The van der Waals surface area contributed by atoms with E-state index in [1.807, 2.05) is 0 Å². The summed E-state index contributed by atoms with van der Waals surface area (Å²) in [7, 11) is 0. The highest BCUT2D eigenvalue weighted by Crippen LogP contribution is 2.35. The van der Waals surface area contributed by atoms with Gasteiger partial charge in [-0.1, -0.05) is 54.6 Å². The van der Waals surface area contributed by atoms with E-state index in [2.05, 4.69) is 4.98 Å². The summed E-state index contributed by atoms with van der Waals surface area (Å²) in [6.45, 7) is -0.540. The molecule has 13 heteroatoms. The predicted molar refractivity (Wildman–Crippen MR) is 149 cm³/mol. The van der Waals surface area contributed by atoms with E-state index in [0.29, 0.717) is 10.8 Å². The summed E-state index contributed by atoms with van der Waals surface area (Å²) in [4.78, 5) is 67.4. The molecule has 2 N–H and O–H groups in total. The van der Waals surface area contributed by atoms with Crippen LogP contribution in [0.2, 0.25) is 0 Å². The topological polar surface area (TPSA) is 166 Å². The number of benzene rings is 3. The van der Waals surface area contributed by atoms with Gasteiger partial charge in [0.05, 0.1) is 22.9 Å². The van der Waals surface area contributed by atoms with Crippen LogP contribution in [0.25, 0.3) is 0 Å². The van der Waals surface area contributed by atoms with Crippen molar-refractivity contribution in [1.82, 2.24) is 9.55 Å². The Morgan fingerprint density at radius 2 is 1.25 bits per heavy atom. The highest BCUT2D eigenvalue weighted by molar-refractivity contribution is 5.91. The van der Waals surface area contributed by atoms with Crippen molar-refractivity contribution in [3.05, 3.63) is 136 Å². The molecule has 2 heterocycles. The van der Waals surface area contributed by atoms with Crippen LogP contribution in [0, 0.1) is 5.95 Å². The molecule has 12 nitrogen and oxygen atoms in total. The summed E-state index contributed by atoms with van der Waals surface area (Å²) < 4.78 is 38.1. The Bertz CT molecular complexity index is 1730. The van der Waals surface area contributed by atoms with E-state index in [0.717, 1.165) is 0 Å². The summed E-state index contributed by atoms with van der Waals surface area (Å²) in [5.74, 6) is -5.09. The standard InChI is InChI=1S/C31H24FN3O9/c32-22-16-35(27(37)23(34-22)26(33)36)28-25(44-31(40)20-14-8-3-9-15-20)24(43-30(39)19-12-6-2-7-13-19)21(42-28)17-41-29(38)18-10-4-1-5-11-18/h1-16,21,24-25,28H,17H2,(H2,33,36)/t21-,24-,25-,28+/m0/s1. The fourth-order valence-corrected chi connectivity index (χ4v) is 4.51. The number of hydrogen-bond acceptors (Lipinski definition) is 10. The van der Waals surface area contributed by atoms with Crippen LogP contribution in [-0.2, 0) is 18.9 Å². The minimum atomic E-state index is -1.68. The van der Waals surface area contributed by atoms with Gasteiger partial charge in [-0.2, -0.15) is 4.39 Å². The van der Waals surface area contributed by atoms with Gasteiger partial charge in [0.2, 0.25) is 5.95 Å². The molecule has 1 saturated heterocycles. The zero-order valence-corrected chi connectivity index (χ0v) is 22.8. The molecule has 0 radical (unpaired) electrons. The molecule has 0 saturated carbocycles. The highest BCUT2D eigenvalue weighted by Gasteiger charge is 2.52. The Morgan fingerprint density at radius 3 is 1.75 bits per heavy atom. The van der Waals surface area contributed by atoms with Gasteiger partial charge in [0, 0.05) is 0 Å². The van der Waals surface area contributed by atoms with Gasteiger partial charge in [-0.15, -0.1) is 0 Å². The normalized spacial score (nSPS) is 19.1. The van der Waals surface area contributed by atoms with E-state index in [-0.39, 0.29) is 16.7 Å². The lowest BCUT2D eigenvalue weighted by molar-refractivity contribution is -0.0639. The zero-order valence-electron chi connectivity index (χ0n) is 22.8. The van der Waals surface area contributed by atoms with Gasteiger partial charge in [-0.05, 0) is 36.4 Å². The highest BCUT2D eigenvalue weighted by atomic mass is 19.1. The zero-order chi connectivity index (χ0) is 31.2. The van der Waals surface area contributed by atoms with Crippen molar-refractivity contribution < 1.29 is 42.5 Å². The summed E-state index contributed by atoms with van der Waals surface area (Å²) >= 11 is 0. The molecule has 5 rings (SSSR count). The van der Waals surface area contributed by atoms with E-state index >= 15 is 0 Å². The van der Waals surface area contributed by atoms with E-state index in [1.54, 1.807) is 54.6 Å². The van der Waals surface area contributed by atoms with E-state index in [4.69, 9.17) is 24.7 Å². The molecule has 0 spiro atoms. The van der Waals surface area contributed by atoms with Crippen LogP contribution in [0.15, 0.2) is 102 Å². The number of nitrogens with zero attached hydrogens (tertiary/aromatic N) is 2. The molecule has 44 heavy (non-hydrogen) atoms. The van der Waals surface area contributed by atoms with Crippen LogP contribution in [0.3, 0.4) is 0 Å². The molecule has 1 aliphatic heterocycles. The third-order valence-electron chi connectivity index (χ3n) is 6.59. The lowest BCUT2D eigenvalue weighted by atomic mass is 10.1. The van der Waals surface area contributed by atoms with Crippen LogP contribution < -0.4 is 11.3 Å². The monoisotopic (exact) mass is 601 g/mol. The van der Waals surface area contributed by atoms with Crippen molar-refractivity contribution in [1.29, 1.82) is 0 Å². The van der Waals surface area contributed by atoms with Crippen molar-refractivity contribution in [2.75, 3.05) is 6.61 Å². The number of nitrogens with two attached hydrogens (primary N) is 1. The molecule has 1 aliphatic rings. The first kappa shape index (κ1) is 29.8. The minimum absolute atomic E-state index is 0.101. The second kappa shape index (κ2) is 13.1. The predicted octanol–water partition coefficient (Wildman–Crippen LogP) is 2.69. The average molecular weight is 602 g/mol. The lowest BCUT2D eigenvalue weighted by Crippen LogP contribution is -2.43. The van der Waals surface area contributed by atoms with Crippen LogP contribution in [0.4, 0.5) is 4.39 Å². The quantitative estimate of drug-likeness (QED) is 0.223. The summed E-state index contributed by atoms with van der Waals surface area (Å²) in [5, 5.41) is 0.